The fourth-order valence-electron chi connectivity index (χ4n) is 3.69. The van der Waals surface area contributed by atoms with Gasteiger partial charge in [0, 0.05) is 37.5 Å². The molecule has 2 aromatic carbocycles. The van der Waals surface area contributed by atoms with Gasteiger partial charge >= 0.3 is 6.03 Å². The molecule has 2 aromatic rings. The molecule has 1 saturated carbocycles. The zero-order chi connectivity index (χ0) is 25.6. The smallest absolute Gasteiger partial charge is 0.319 e. The first-order valence-electron chi connectivity index (χ1n) is 12.1. The number of nitro benzene ring substituents is 1. The minimum Gasteiger partial charge on any atom is -0.491 e. The Hall–Kier alpha value is -3.41. The zero-order valence-electron chi connectivity index (χ0n) is 20.2. The maximum Gasteiger partial charge on any atom is 0.319 e. The van der Waals surface area contributed by atoms with Crippen molar-refractivity contribution in [2.45, 2.75) is 37.9 Å². The fourth-order valence-corrected chi connectivity index (χ4v) is 3.69. The molecule has 1 aliphatic carbocycles. The first kappa shape index (κ1) is 27.2. The van der Waals surface area contributed by atoms with Gasteiger partial charge in [0.15, 0.2) is 0 Å². The first-order chi connectivity index (χ1) is 17.5. The molecule has 4 N–H and O–H groups in total. The summed E-state index contributed by atoms with van der Waals surface area (Å²) in [6.45, 7) is 2.29. The third-order valence-electron chi connectivity index (χ3n) is 5.58. The van der Waals surface area contributed by atoms with Crippen LogP contribution >= 0.6 is 0 Å². The normalized spacial score (nSPS) is 14.2. The van der Waals surface area contributed by atoms with Gasteiger partial charge in [-0.15, -0.1) is 0 Å². The van der Waals surface area contributed by atoms with E-state index >= 15 is 0 Å². The molecule has 1 fully saturated rings. The van der Waals surface area contributed by atoms with Crippen molar-refractivity contribution in [2.24, 2.45) is 0 Å². The number of hydrogen-bond donors (Lipinski definition) is 4. The lowest BCUT2D eigenvalue weighted by atomic mass is 10.3. The lowest BCUT2D eigenvalue weighted by molar-refractivity contribution is -0.384. The van der Waals surface area contributed by atoms with E-state index in [1.54, 1.807) is 12.1 Å². The molecule has 0 heterocycles. The Morgan fingerprint density at radius 3 is 2.33 bits per heavy atom. The highest BCUT2D eigenvalue weighted by Gasteiger charge is 2.14. The van der Waals surface area contributed by atoms with Gasteiger partial charge in [0.05, 0.1) is 17.6 Å². The van der Waals surface area contributed by atoms with Crippen LogP contribution in [0.25, 0.3) is 0 Å². The molecule has 0 spiro atoms. The van der Waals surface area contributed by atoms with Gasteiger partial charge < -0.3 is 35.3 Å². The van der Waals surface area contributed by atoms with Crippen molar-refractivity contribution >= 4 is 17.4 Å². The number of aliphatic hydroxyl groups is 1. The second-order valence-corrected chi connectivity index (χ2v) is 8.45. The van der Waals surface area contributed by atoms with E-state index in [1.165, 1.54) is 37.1 Å². The van der Waals surface area contributed by atoms with Crippen LogP contribution in [0.1, 0.15) is 25.7 Å². The lowest BCUT2D eigenvalue weighted by Crippen LogP contribution is -2.38. The van der Waals surface area contributed by atoms with E-state index in [0.29, 0.717) is 50.4 Å². The van der Waals surface area contributed by atoms with Crippen LogP contribution in [0.2, 0.25) is 0 Å². The summed E-state index contributed by atoms with van der Waals surface area (Å²) in [6.07, 6.45) is 4.46. The average Bonchev–Trinajstić information content (AvgIpc) is 3.40. The molecule has 0 aromatic heterocycles. The summed E-state index contributed by atoms with van der Waals surface area (Å²) in [5, 5.41) is 29.0. The molecule has 0 bridgehead atoms. The van der Waals surface area contributed by atoms with E-state index in [-0.39, 0.29) is 12.3 Å². The van der Waals surface area contributed by atoms with E-state index in [9.17, 15) is 20.0 Å². The summed E-state index contributed by atoms with van der Waals surface area (Å²) in [4.78, 5) is 22.0. The number of ether oxygens (including phenoxy) is 3. The van der Waals surface area contributed by atoms with Gasteiger partial charge in [-0.05, 0) is 49.2 Å². The van der Waals surface area contributed by atoms with Crippen LogP contribution in [0.5, 0.6) is 11.5 Å². The summed E-state index contributed by atoms with van der Waals surface area (Å²) in [5.74, 6) is 1.37. The van der Waals surface area contributed by atoms with Gasteiger partial charge in [-0.25, -0.2) is 4.79 Å². The predicted octanol–water partition coefficient (Wildman–Crippen LogP) is 3.08. The molecular weight excluding hydrogens is 468 g/mol. The highest BCUT2D eigenvalue weighted by molar-refractivity contribution is 5.89. The summed E-state index contributed by atoms with van der Waals surface area (Å²) in [7, 11) is 0. The van der Waals surface area contributed by atoms with Crippen LogP contribution in [0.3, 0.4) is 0 Å². The number of nitrogens with one attached hydrogen (secondary N) is 3. The number of carbonyl (C=O) groups is 1. The van der Waals surface area contributed by atoms with Crippen LogP contribution in [-0.4, -0.2) is 67.7 Å². The largest absolute Gasteiger partial charge is 0.491 e. The third-order valence-corrected chi connectivity index (χ3v) is 5.58. The third kappa shape index (κ3) is 10.1. The van der Waals surface area contributed by atoms with Crippen molar-refractivity contribution < 1.29 is 29.0 Å². The maximum absolute atomic E-state index is 11.9. The summed E-state index contributed by atoms with van der Waals surface area (Å²) in [6, 6.07) is 12.4. The molecule has 1 aliphatic rings. The highest BCUT2D eigenvalue weighted by Crippen LogP contribution is 2.21. The van der Waals surface area contributed by atoms with E-state index in [2.05, 4.69) is 16.0 Å². The molecule has 1 unspecified atom stereocenters. The number of anilines is 1. The quantitative estimate of drug-likeness (QED) is 0.165. The summed E-state index contributed by atoms with van der Waals surface area (Å²) >= 11 is 0. The highest BCUT2D eigenvalue weighted by atomic mass is 16.6. The Labute approximate surface area is 210 Å². The molecule has 1 atom stereocenters. The van der Waals surface area contributed by atoms with Gasteiger partial charge in [0.25, 0.3) is 5.69 Å². The summed E-state index contributed by atoms with van der Waals surface area (Å²) < 4.78 is 17.1. The van der Waals surface area contributed by atoms with Crippen LogP contribution in [0.4, 0.5) is 16.2 Å². The van der Waals surface area contributed by atoms with E-state index in [0.717, 1.165) is 18.6 Å². The number of aliphatic hydroxyl groups excluding tert-OH is 1. The molecule has 0 saturated heterocycles. The molecule has 36 heavy (non-hydrogen) atoms. The van der Waals surface area contributed by atoms with Crippen LogP contribution in [-0.2, 0) is 4.74 Å². The average molecular weight is 503 g/mol. The second kappa shape index (κ2) is 14.9. The number of urea groups is 1. The Morgan fingerprint density at radius 1 is 1.00 bits per heavy atom. The standard InChI is InChI=1S/C25H34N4O7/c30-21(17-26-13-14-27-25(31)28-19-5-7-20(8-6-19)29(32)33)18-36-24-11-9-23(10-12-24)35-16-15-34-22-3-1-2-4-22/h5-12,21-22,26,30H,1-4,13-18H2,(H2,27,28,31). The van der Waals surface area contributed by atoms with Gasteiger partial charge in [-0.2, -0.15) is 0 Å². The molecule has 0 radical (unpaired) electrons. The Balaban J connectivity index is 1.20. The number of hydrogen-bond acceptors (Lipinski definition) is 8. The Kier molecular flexibility index (Phi) is 11.2. The number of benzene rings is 2. The van der Waals surface area contributed by atoms with Gasteiger partial charge in [0.2, 0.25) is 0 Å². The molecule has 11 heteroatoms. The predicted molar refractivity (Wildman–Crippen MR) is 135 cm³/mol. The minimum atomic E-state index is -0.720. The van der Waals surface area contributed by atoms with Gasteiger partial charge in [-0.3, -0.25) is 10.1 Å². The minimum absolute atomic E-state index is 0.0470. The van der Waals surface area contributed by atoms with Crippen molar-refractivity contribution in [1.29, 1.82) is 0 Å². The molecule has 2 amide bonds. The SMILES string of the molecule is O=C(NCCNCC(O)COc1ccc(OCCOC2CCCC2)cc1)Nc1ccc([N+](=O)[O-])cc1. The number of nitro groups is 1. The number of non-ortho nitro benzene ring substituents is 1. The Bertz CT molecular complexity index is 934. The van der Waals surface area contributed by atoms with Gasteiger partial charge in [-0.1, -0.05) is 12.8 Å². The second-order valence-electron chi connectivity index (χ2n) is 8.45. The lowest BCUT2D eigenvalue weighted by Gasteiger charge is -2.14. The van der Waals surface area contributed by atoms with Gasteiger partial charge in [0.1, 0.15) is 30.8 Å². The van der Waals surface area contributed by atoms with Crippen molar-refractivity contribution in [2.75, 3.05) is 44.8 Å². The van der Waals surface area contributed by atoms with Crippen LogP contribution in [0, 0.1) is 10.1 Å². The fraction of sp³-hybridized carbons (Fsp3) is 0.480. The van der Waals surface area contributed by atoms with Crippen molar-refractivity contribution in [1.82, 2.24) is 10.6 Å². The van der Waals surface area contributed by atoms with Crippen LogP contribution in [0.15, 0.2) is 48.5 Å². The monoisotopic (exact) mass is 502 g/mol. The molecule has 3 rings (SSSR count). The molecule has 0 aliphatic heterocycles. The molecule has 11 nitrogen and oxygen atoms in total. The van der Waals surface area contributed by atoms with Crippen LogP contribution < -0.4 is 25.4 Å². The van der Waals surface area contributed by atoms with E-state index in [1.807, 2.05) is 12.1 Å². The topological polar surface area (TPSA) is 144 Å². The van der Waals surface area contributed by atoms with E-state index < -0.39 is 17.1 Å². The number of carbonyl (C=O) groups excluding carboxylic acids is 1. The number of nitrogens with zero attached hydrogens (tertiary/aromatic N) is 1. The number of amides is 2. The zero-order valence-corrected chi connectivity index (χ0v) is 20.2. The Morgan fingerprint density at radius 2 is 1.67 bits per heavy atom. The molecule has 196 valence electrons. The first-order valence-corrected chi connectivity index (χ1v) is 12.1. The molecular formula is C25H34N4O7. The maximum atomic E-state index is 11.9. The van der Waals surface area contributed by atoms with Crippen molar-refractivity contribution in [3.05, 3.63) is 58.6 Å². The summed E-state index contributed by atoms with van der Waals surface area (Å²) in [5.41, 5.74) is 0.404. The van der Waals surface area contributed by atoms with Crippen molar-refractivity contribution in [3.63, 3.8) is 0 Å². The van der Waals surface area contributed by atoms with E-state index in [4.69, 9.17) is 14.2 Å². The van der Waals surface area contributed by atoms with Crippen molar-refractivity contribution in [3.8, 4) is 11.5 Å². The number of rotatable bonds is 15.